The average Bonchev–Trinajstić information content (AvgIpc) is 2.82. The molecule has 4 nitrogen and oxygen atoms in total. The van der Waals surface area contributed by atoms with Crippen LogP contribution in [-0.4, -0.2) is 38.4 Å². The zero-order valence-electron chi connectivity index (χ0n) is 9.96. The fourth-order valence-corrected chi connectivity index (χ4v) is 2.83. The van der Waals surface area contributed by atoms with Gasteiger partial charge in [-0.15, -0.1) is 0 Å². The van der Waals surface area contributed by atoms with Crippen molar-refractivity contribution in [1.29, 1.82) is 0 Å². The van der Waals surface area contributed by atoms with E-state index in [9.17, 15) is 4.79 Å². The van der Waals surface area contributed by atoms with Gasteiger partial charge in [0, 0.05) is 13.2 Å². The standard InChI is InChI=1S/C12H21NO3/c1-15-11(14)12(5-2-3-6-13-12)8-10-4-7-16-9-10/h10,13H,2-9H2,1H3. The summed E-state index contributed by atoms with van der Waals surface area (Å²) in [6.45, 7) is 2.55. The monoisotopic (exact) mass is 227 g/mol. The first-order valence-electron chi connectivity index (χ1n) is 6.18. The van der Waals surface area contributed by atoms with Crippen LogP contribution < -0.4 is 5.32 Å². The molecule has 0 aromatic rings. The fourth-order valence-electron chi connectivity index (χ4n) is 2.83. The first-order chi connectivity index (χ1) is 7.77. The number of esters is 1. The third-order valence-corrected chi connectivity index (χ3v) is 3.73. The molecule has 0 saturated carbocycles. The number of methoxy groups -OCH3 is 1. The number of rotatable bonds is 3. The Kier molecular flexibility index (Phi) is 3.82. The maximum atomic E-state index is 12.0. The highest BCUT2D eigenvalue weighted by Crippen LogP contribution is 2.31. The molecule has 2 unspecified atom stereocenters. The molecule has 0 aliphatic carbocycles. The number of hydrogen-bond acceptors (Lipinski definition) is 4. The highest BCUT2D eigenvalue weighted by molar-refractivity contribution is 5.80. The molecule has 2 rings (SSSR count). The SMILES string of the molecule is COC(=O)C1(CC2CCOC2)CCCCN1. The third kappa shape index (κ3) is 2.38. The van der Waals surface area contributed by atoms with Crippen LogP contribution in [0.4, 0.5) is 0 Å². The van der Waals surface area contributed by atoms with Gasteiger partial charge in [0.05, 0.1) is 7.11 Å². The first-order valence-corrected chi connectivity index (χ1v) is 6.18. The predicted octanol–water partition coefficient (Wildman–Crippen LogP) is 1.10. The number of carbonyl (C=O) groups excluding carboxylic acids is 1. The minimum absolute atomic E-state index is 0.0981. The Balaban J connectivity index is 2.03. The van der Waals surface area contributed by atoms with Gasteiger partial charge in [0.2, 0.25) is 0 Å². The topological polar surface area (TPSA) is 47.6 Å². The van der Waals surface area contributed by atoms with Crippen LogP contribution in [0.15, 0.2) is 0 Å². The van der Waals surface area contributed by atoms with Crippen LogP contribution in [0.1, 0.15) is 32.1 Å². The van der Waals surface area contributed by atoms with Crippen LogP contribution in [-0.2, 0) is 14.3 Å². The third-order valence-electron chi connectivity index (χ3n) is 3.73. The fraction of sp³-hybridized carbons (Fsp3) is 0.917. The van der Waals surface area contributed by atoms with Gasteiger partial charge in [-0.1, -0.05) is 0 Å². The van der Waals surface area contributed by atoms with Crippen LogP contribution in [0.25, 0.3) is 0 Å². The molecule has 0 spiro atoms. The second-order valence-electron chi connectivity index (χ2n) is 4.89. The van der Waals surface area contributed by atoms with Crippen molar-refractivity contribution < 1.29 is 14.3 Å². The van der Waals surface area contributed by atoms with Crippen LogP contribution in [0.3, 0.4) is 0 Å². The van der Waals surface area contributed by atoms with E-state index in [1.807, 2.05) is 0 Å². The zero-order valence-corrected chi connectivity index (χ0v) is 9.96. The van der Waals surface area contributed by atoms with Gasteiger partial charge in [-0.25, -0.2) is 0 Å². The van der Waals surface area contributed by atoms with Crippen molar-refractivity contribution in [3.05, 3.63) is 0 Å². The number of carbonyl (C=O) groups is 1. The average molecular weight is 227 g/mol. The van der Waals surface area contributed by atoms with Crippen molar-refractivity contribution in [3.63, 3.8) is 0 Å². The van der Waals surface area contributed by atoms with Gasteiger partial charge in [0.15, 0.2) is 0 Å². The summed E-state index contributed by atoms with van der Waals surface area (Å²) < 4.78 is 10.3. The van der Waals surface area contributed by atoms with Crippen molar-refractivity contribution in [2.75, 3.05) is 26.9 Å². The second kappa shape index (κ2) is 5.15. The lowest BCUT2D eigenvalue weighted by Crippen LogP contribution is -2.56. The molecule has 0 aromatic heterocycles. The normalized spacial score (nSPS) is 34.9. The summed E-state index contributed by atoms with van der Waals surface area (Å²) in [7, 11) is 1.48. The molecule has 2 aliphatic heterocycles. The molecule has 0 amide bonds. The van der Waals surface area contributed by atoms with E-state index >= 15 is 0 Å². The summed E-state index contributed by atoms with van der Waals surface area (Å²) in [5.41, 5.74) is -0.439. The number of piperidine rings is 1. The number of hydrogen-bond donors (Lipinski definition) is 1. The van der Waals surface area contributed by atoms with E-state index in [1.54, 1.807) is 0 Å². The van der Waals surface area contributed by atoms with Gasteiger partial charge in [0.1, 0.15) is 5.54 Å². The summed E-state index contributed by atoms with van der Waals surface area (Å²) in [5, 5.41) is 3.38. The molecule has 2 aliphatic rings. The molecular weight excluding hydrogens is 206 g/mol. The van der Waals surface area contributed by atoms with Crippen molar-refractivity contribution >= 4 is 5.97 Å². The maximum Gasteiger partial charge on any atom is 0.326 e. The van der Waals surface area contributed by atoms with Gasteiger partial charge in [-0.3, -0.25) is 4.79 Å². The predicted molar refractivity (Wildman–Crippen MR) is 60.1 cm³/mol. The van der Waals surface area contributed by atoms with E-state index in [2.05, 4.69) is 5.32 Å². The largest absolute Gasteiger partial charge is 0.468 e. The Morgan fingerprint density at radius 3 is 3.00 bits per heavy atom. The van der Waals surface area contributed by atoms with Crippen LogP contribution >= 0.6 is 0 Å². The van der Waals surface area contributed by atoms with Crippen molar-refractivity contribution in [1.82, 2.24) is 5.32 Å². The van der Waals surface area contributed by atoms with Gasteiger partial charge in [0.25, 0.3) is 0 Å². The van der Waals surface area contributed by atoms with Crippen molar-refractivity contribution in [2.24, 2.45) is 5.92 Å². The molecule has 2 heterocycles. The molecule has 4 heteroatoms. The quantitative estimate of drug-likeness (QED) is 0.733. The molecule has 92 valence electrons. The molecule has 2 saturated heterocycles. The lowest BCUT2D eigenvalue weighted by atomic mass is 9.80. The van der Waals surface area contributed by atoms with E-state index in [-0.39, 0.29) is 5.97 Å². The number of nitrogens with one attached hydrogen (secondary N) is 1. The Hall–Kier alpha value is -0.610. The lowest BCUT2D eigenvalue weighted by molar-refractivity contribution is -0.150. The molecule has 16 heavy (non-hydrogen) atoms. The number of ether oxygens (including phenoxy) is 2. The first kappa shape index (κ1) is 11.9. The van der Waals surface area contributed by atoms with E-state index in [0.29, 0.717) is 5.92 Å². The van der Waals surface area contributed by atoms with E-state index < -0.39 is 5.54 Å². The van der Waals surface area contributed by atoms with E-state index in [4.69, 9.17) is 9.47 Å². The van der Waals surface area contributed by atoms with Gasteiger partial charge < -0.3 is 14.8 Å². The molecule has 2 fully saturated rings. The van der Waals surface area contributed by atoms with Gasteiger partial charge >= 0.3 is 5.97 Å². The zero-order chi connectivity index (χ0) is 11.4. The van der Waals surface area contributed by atoms with Crippen molar-refractivity contribution in [3.8, 4) is 0 Å². The second-order valence-corrected chi connectivity index (χ2v) is 4.89. The minimum atomic E-state index is -0.439. The van der Waals surface area contributed by atoms with E-state index in [0.717, 1.165) is 51.9 Å². The molecule has 0 radical (unpaired) electrons. The van der Waals surface area contributed by atoms with Crippen LogP contribution in [0, 0.1) is 5.92 Å². The Bertz CT molecular complexity index is 243. The lowest BCUT2D eigenvalue weighted by Gasteiger charge is -2.37. The molecule has 0 aromatic carbocycles. The Morgan fingerprint density at radius 1 is 1.56 bits per heavy atom. The van der Waals surface area contributed by atoms with Crippen LogP contribution in [0.2, 0.25) is 0 Å². The molecule has 1 N–H and O–H groups in total. The van der Waals surface area contributed by atoms with Gasteiger partial charge in [-0.2, -0.15) is 0 Å². The maximum absolute atomic E-state index is 12.0. The highest BCUT2D eigenvalue weighted by Gasteiger charge is 2.42. The summed E-state index contributed by atoms with van der Waals surface area (Å²) >= 11 is 0. The Labute approximate surface area is 96.7 Å². The minimum Gasteiger partial charge on any atom is -0.468 e. The highest BCUT2D eigenvalue weighted by atomic mass is 16.5. The summed E-state index contributed by atoms with van der Waals surface area (Å²) in [5.74, 6) is 0.406. The smallest absolute Gasteiger partial charge is 0.326 e. The summed E-state index contributed by atoms with van der Waals surface area (Å²) in [4.78, 5) is 12.0. The molecular formula is C12H21NO3. The van der Waals surface area contributed by atoms with Crippen LogP contribution in [0.5, 0.6) is 0 Å². The van der Waals surface area contributed by atoms with Crippen molar-refractivity contribution in [2.45, 2.75) is 37.6 Å². The molecule has 0 bridgehead atoms. The Morgan fingerprint density at radius 2 is 2.44 bits per heavy atom. The molecule has 2 atom stereocenters. The summed E-state index contributed by atoms with van der Waals surface area (Å²) in [6.07, 6.45) is 5.09. The van der Waals surface area contributed by atoms with Gasteiger partial charge in [-0.05, 0) is 44.6 Å². The van der Waals surface area contributed by atoms with E-state index in [1.165, 1.54) is 7.11 Å². The summed E-state index contributed by atoms with van der Waals surface area (Å²) in [6, 6.07) is 0.